The normalized spacial score (nSPS) is 21.2. The number of halogens is 1. The first kappa shape index (κ1) is 14.8. The first-order chi connectivity index (χ1) is 9.20. The van der Waals surface area contributed by atoms with E-state index >= 15 is 0 Å². The van der Waals surface area contributed by atoms with Crippen molar-refractivity contribution in [1.82, 2.24) is 0 Å². The number of ether oxygens (including phenoxy) is 1. The minimum Gasteiger partial charge on any atom is -0.390 e. The quantitative estimate of drug-likeness (QED) is 0.528. The molecule has 1 aromatic carbocycles. The van der Waals surface area contributed by atoms with Crippen LogP contribution in [0.1, 0.15) is 0 Å². The molecule has 5 nitrogen and oxygen atoms in total. The lowest BCUT2D eigenvalue weighted by Crippen LogP contribution is -2.45. The highest BCUT2D eigenvalue weighted by Crippen LogP contribution is 2.21. The number of hydrogen-bond donors (Lipinski definition) is 3. The first-order valence-electron chi connectivity index (χ1n) is 6.31. The lowest BCUT2D eigenvalue weighted by molar-refractivity contribution is 0.00633. The van der Waals surface area contributed by atoms with Gasteiger partial charge in [0.05, 0.1) is 19.3 Å². The van der Waals surface area contributed by atoms with Crippen LogP contribution in [0, 0.1) is 0 Å². The van der Waals surface area contributed by atoms with E-state index in [0.29, 0.717) is 30.7 Å². The maximum absolute atomic E-state index is 9.85. The van der Waals surface area contributed by atoms with Crippen molar-refractivity contribution in [3.8, 4) is 0 Å². The molecule has 0 amide bonds. The van der Waals surface area contributed by atoms with Crippen LogP contribution in [0.25, 0.3) is 0 Å². The zero-order chi connectivity index (χ0) is 13.7. The van der Waals surface area contributed by atoms with Crippen molar-refractivity contribution in [2.24, 2.45) is 0 Å². The van der Waals surface area contributed by atoms with Crippen LogP contribution < -0.4 is 10.2 Å². The van der Waals surface area contributed by atoms with Gasteiger partial charge in [-0.25, -0.2) is 0 Å². The molecule has 6 heteroatoms. The molecule has 0 radical (unpaired) electrons. The second kappa shape index (κ2) is 7.28. The molecule has 2 atom stereocenters. The van der Waals surface area contributed by atoms with Crippen LogP contribution in [0.3, 0.4) is 0 Å². The lowest BCUT2D eigenvalue weighted by Gasteiger charge is -2.33. The van der Waals surface area contributed by atoms with E-state index in [1.807, 2.05) is 29.2 Å². The van der Waals surface area contributed by atoms with Gasteiger partial charge in [0.1, 0.15) is 0 Å². The van der Waals surface area contributed by atoms with Gasteiger partial charge in [-0.3, -0.25) is 0 Å². The number of aliphatic hydroxyl groups excluding tert-OH is 2. The molecule has 2 rings (SSSR count). The molecule has 0 aromatic heterocycles. The largest absolute Gasteiger partial charge is 0.390 e. The van der Waals surface area contributed by atoms with E-state index in [1.54, 1.807) is 0 Å². The van der Waals surface area contributed by atoms with Crippen molar-refractivity contribution in [2.75, 3.05) is 40.9 Å². The number of rotatable bonds is 5. The standard InChI is InChI=1S/C13H19IN2O3/c14-7-12(17)8-15-10-1-3-11(4-2-10)16-5-6-19-9-13(16)18/h1-4,12-13,15,17-18H,5-9H2/t12-,13?/m0/s1. The third-order valence-electron chi connectivity index (χ3n) is 3.02. The highest BCUT2D eigenvalue weighted by atomic mass is 127. The lowest BCUT2D eigenvalue weighted by atomic mass is 10.2. The number of alkyl halides is 1. The first-order valence-corrected chi connectivity index (χ1v) is 7.83. The second-order valence-electron chi connectivity index (χ2n) is 4.48. The third kappa shape index (κ3) is 4.20. The molecule has 0 saturated carbocycles. The van der Waals surface area contributed by atoms with E-state index in [-0.39, 0.29) is 6.10 Å². The topological polar surface area (TPSA) is 65.0 Å². The van der Waals surface area contributed by atoms with Crippen molar-refractivity contribution in [3.63, 3.8) is 0 Å². The summed E-state index contributed by atoms with van der Waals surface area (Å²) in [6, 6.07) is 7.84. The van der Waals surface area contributed by atoms with E-state index in [1.165, 1.54) is 0 Å². The molecule has 3 N–H and O–H groups in total. The Morgan fingerprint density at radius 3 is 2.79 bits per heavy atom. The predicted octanol–water partition coefficient (Wildman–Crippen LogP) is 1.05. The van der Waals surface area contributed by atoms with E-state index in [2.05, 4.69) is 27.9 Å². The van der Waals surface area contributed by atoms with Gasteiger partial charge in [0.25, 0.3) is 0 Å². The van der Waals surface area contributed by atoms with Crippen molar-refractivity contribution in [1.29, 1.82) is 0 Å². The highest BCUT2D eigenvalue weighted by Gasteiger charge is 2.20. The van der Waals surface area contributed by atoms with Crippen LogP contribution in [-0.2, 0) is 4.74 Å². The van der Waals surface area contributed by atoms with Gasteiger partial charge in [-0.2, -0.15) is 0 Å². The SMILES string of the molecule is OC1COCCN1c1ccc(NC[C@@H](O)CI)cc1. The van der Waals surface area contributed by atoms with Crippen LogP contribution in [-0.4, -0.2) is 53.3 Å². The summed E-state index contributed by atoms with van der Waals surface area (Å²) in [5.74, 6) is 0. The Balaban J connectivity index is 1.94. The van der Waals surface area contributed by atoms with E-state index in [9.17, 15) is 10.2 Å². The third-order valence-corrected chi connectivity index (χ3v) is 4.04. The number of nitrogens with zero attached hydrogens (tertiary/aromatic N) is 1. The van der Waals surface area contributed by atoms with Crippen molar-refractivity contribution in [3.05, 3.63) is 24.3 Å². The van der Waals surface area contributed by atoms with Crippen molar-refractivity contribution < 1.29 is 14.9 Å². The molecule has 0 aliphatic carbocycles. The summed E-state index contributed by atoms with van der Waals surface area (Å²) in [4.78, 5) is 1.92. The number of hydrogen-bond acceptors (Lipinski definition) is 5. The fourth-order valence-corrected chi connectivity index (χ4v) is 2.26. The maximum atomic E-state index is 9.85. The van der Waals surface area contributed by atoms with Crippen LogP contribution in [0.2, 0.25) is 0 Å². The number of morpholine rings is 1. The van der Waals surface area contributed by atoms with E-state index in [0.717, 1.165) is 11.4 Å². The molecule has 0 spiro atoms. The molecule has 1 aliphatic rings. The fraction of sp³-hybridized carbons (Fsp3) is 0.538. The highest BCUT2D eigenvalue weighted by molar-refractivity contribution is 14.1. The maximum Gasteiger partial charge on any atom is 0.150 e. The minimum atomic E-state index is -0.576. The fourth-order valence-electron chi connectivity index (χ4n) is 1.95. The van der Waals surface area contributed by atoms with Gasteiger partial charge >= 0.3 is 0 Å². The molecule has 106 valence electrons. The summed E-state index contributed by atoms with van der Waals surface area (Å²) < 4.78 is 5.91. The zero-order valence-corrected chi connectivity index (χ0v) is 12.8. The second-order valence-corrected chi connectivity index (χ2v) is 5.37. The Hall–Kier alpha value is -0.570. The number of benzene rings is 1. The Labute approximate surface area is 126 Å². The van der Waals surface area contributed by atoms with Crippen molar-refractivity contribution in [2.45, 2.75) is 12.3 Å². The van der Waals surface area contributed by atoms with Gasteiger partial charge in [0, 0.05) is 28.9 Å². The summed E-state index contributed by atoms with van der Waals surface area (Å²) in [5.41, 5.74) is 1.95. The minimum absolute atomic E-state index is 0.332. The molecule has 1 aromatic rings. The number of anilines is 2. The van der Waals surface area contributed by atoms with Gasteiger partial charge in [-0.05, 0) is 24.3 Å². The molecule has 19 heavy (non-hydrogen) atoms. The van der Waals surface area contributed by atoms with Gasteiger partial charge in [-0.15, -0.1) is 0 Å². The van der Waals surface area contributed by atoms with Crippen LogP contribution in [0.15, 0.2) is 24.3 Å². The zero-order valence-electron chi connectivity index (χ0n) is 10.6. The van der Waals surface area contributed by atoms with Crippen LogP contribution in [0.4, 0.5) is 11.4 Å². The van der Waals surface area contributed by atoms with Crippen molar-refractivity contribution >= 4 is 34.0 Å². The number of nitrogens with one attached hydrogen (secondary N) is 1. The molecule has 1 aliphatic heterocycles. The predicted molar refractivity (Wildman–Crippen MR) is 84.0 cm³/mol. The summed E-state index contributed by atoms with van der Waals surface area (Å²) in [7, 11) is 0. The Morgan fingerprint density at radius 1 is 1.42 bits per heavy atom. The smallest absolute Gasteiger partial charge is 0.150 e. The van der Waals surface area contributed by atoms with E-state index < -0.39 is 6.23 Å². The molecule has 1 saturated heterocycles. The summed E-state index contributed by atoms with van der Waals surface area (Å²) in [6.07, 6.45) is -0.908. The van der Waals surface area contributed by atoms with Crippen LogP contribution >= 0.6 is 22.6 Å². The number of aliphatic hydroxyl groups is 2. The van der Waals surface area contributed by atoms with Gasteiger partial charge < -0.3 is 25.2 Å². The average molecular weight is 378 g/mol. The molecular weight excluding hydrogens is 359 g/mol. The van der Waals surface area contributed by atoms with Gasteiger partial charge in [0.2, 0.25) is 0 Å². The molecule has 1 heterocycles. The Morgan fingerprint density at radius 2 is 2.16 bits per heavy atom. The molecular formula is C13H19IN2O3. The van der Waals surface area contributed by atoms with Gasteiger partial charge in [-0.1, -0.05) is 22.6 Å². The average Bonchev–Trinajstić information content (AvgIpc) is 2.46. The van der Waals surface area contributed by atoms with Gasteiger partial charge in [0.15, 0.2) is 6.23 Å². The molecule has 1 fully saturated rings. The summed E-state index contributed by atoms with van der Waals surface area (Å²) >= 11 is 2.16. The van der Waals surface area contributed by atoms with Crippen LogP contribution in [0.5, 0.6) is 0 Å². The van der Waals surface area contributed by atoms with E-state index in [4.69, 9.17) is 4.74 Å². The summed E-state index contributed by atoms with van der Waals surface area (Å²) in [6.45, 7) is 2.23. The Kier molecular flexibility index (Phi) is 5.68. The monoisotopic (exact) mass is 378 g/mol. The summed E-state index contributed by atoms with van der Waals surface area (Å²) in [5, 5.41) is 22.5. The molecule has 0 bridgehead atoms. The Bertz CT molecular complexity index is 388. The molecule has 1 unspecified atom stereocenters.